The lowest BCUT2D eigenvalue weighted by Gasteiger charge is -2.61. The molecule has 166 valence electrons. The molecule has 1 saturated heterocycles. The predicted molar refractivity (Wildman–Crippen MR) is 114 cm³/mol. The van der Waals surface area contributed by atoms with Gasteiger partial charge in [-0.05, 0) is 49.7 Å². The molecule has 0 amide bonds. The van der Waals surface area contributed by atoms with Crippen LogP contribution in [0, 0.1) is 0 Å². The molecule has 7 heteroatoms. The van der Waals surface area contributed by atoms with Crippen molar-refractivity contribution < 1.29 is 29.6 Å². The molecule has 2 aromatic rings. The van der Waals surface area contributed by atoms with Gasteiger partial charge in [-0.25, -0.2) is 4.79 Å². The van der Waals surface area contributed by atoms with Crippen molar-refractivity contribution in [2.75, 3.05) is 13.6 Å². The number of ether oxygens (including phenoxy) is 2. The molecule has 2 aliphatic heterocycles. The number of aromatic hydroxyl groups is 1. The van der Waals surface area contributed by atoms with Crippen LogP contribution >= 0.6 is 0 Å². The van der Waals surface area contributed by atoms with E-state index >= 15 is 0 Å². The lowest BCUT2D eigenvalue weighted by atomic mass is 9.50. The number of benzene rings is 2. The number of rotatable bonds is 3. The van der Waals surface area contributed by atoms with Crippen LogP contribution in [0.25, 0.3) is 0 Å². The summed E-state index contributed by atoms with van der Waals surface area (Å²) in [5.74, 6) is -0.140. The van der Waals surface area contributed by atoms with Gasteiger partial charge >= 0.3 is 5.97 Å². The molecule has 2 aliphatic carbocycles. The Morgan fingerprint density at radius 2 is 2.03 bits per heavy atom. The minimum Gasteiger partial charge on any atom is -0.504 e. The number of nitrogens with zero attached hydrogens (tertiary/aromatic N) is 1. The van der Waals surface area contributed by atoms with Crippen LogP contribution in [0.5, 0.6) is 11.5 Å². The summed E-state index contributed by atoms with van der Waals surface area (Å²) in [6.07, 6.45) is 1.06. The Hall–Kier alpha value is -2.87. The van der Waals surface area contributed by atoms with Crippen molar-refractivity contribution in [1.29, 1.82) is 0 Å². The summed E-state index contributed by atoms with van der Waals surface area (Å²) in [6, 6.07) is 12.0. The van der Waals surface area contributed by atoms with Gasteiger partial charge in [-0.2, -0.15) is 0 Å². The van der Waals surface area contributed by atoms with Crippen LogP contribution in [-0.2, 0) is 21.4 Å². The second-order valence-corrected chi connectivity index (χ2v) is 9.34. The number of phenols is 1. The number of piperidine rings is 1. The number of aliphatic hydroxyl groups is 2. The average Bonchev–Trinajstić information content (AvgIpc) is 3.16. The summed E-state index contributed by atoms with van der Waals surface area (Å²) in [7, 11) is 2.02. The van der Waals surface area contributed by atoms with E-state index in [0.717, 1.165) is 17.7 Å². The molecular formula is C25H25NO6. The normalized spacial score (nSPS) is 33.0. The molecule has 0 unspecified atom stereocenters. The number of carbonyl (C=O) groups is 1. The Kier molecular flexibility index (Phi) is 4.06. The SMILES string of the molecule is CN1CC[C@]23c4c5ccc(O)c4O[C@H]2C(OC(=O)[C@@H](O)c2ccccc2)=CC[C@@]3(O)[C@H]1C5. The highest BCUT2D eigenvalue weighted by atomic mass is 16.6. The van der Waals surface area contributed by atoms with Gasteiger partial charge in [0.2, 0.25) is 0 Å². The zero-order valence-electron chi connectivity index (χ0n) is 17.7. The van der Waals surface area contributed by atoms with Gasteiger partial charge in [0.15, 0.2) is 23.7 Å². The molecule has 7 nitrogen and oxygen atoms in total. The van der Waals surface area contributed by atoms with E-state index in [0.29, 0.717) is 30.6 Å². The fraction of sp³-hybridized carbons (Fsp3) is 0.400. The maximum absolute atomic E-state index is 12.8. The van der Waals surface area contributed by atoms with Crippen molar-refractivity contribution in [3.63, 3.8) is 0 Å². The van der Waals surface area contributed by atoms with E-state index in [4.69, 9.17) is 9.47 Å². The summed E-state index contributed by atoms with van der Waals surface area (Å²) >= 11 is 0. The smallest absolute Gasteiger partial charge is 0.344 e. The first-order valence-corrected chi connectivity index (χ1v) is 11.0. The van der Waals surface area contributed by atoms with Crippen molar-refractivity contribution in [3.8, 4) is 11.5 Å². The first-order valence-electron chi connectivity index (χ1n) is 11.0. The summed E-state index contributed by atoms with van der Waals surface area (Å²) < 4.78 is 12.0. The molecule has 2 heterocycles. The zero-order valence-corrected chi connectivity index (χ0v) is 17.7. The third-order valence-electron chi connectivity index (χ3n) is 7.91. The number of hydrogen-bond acceptors (Lipinski definition) is 7. The highest BCUT2D eigenvalue weighted by molar-refractivity contribution is 5.77. The molecule has 2 aromatic carbocycles. The molecule has 1 fully saturated rings. The summed E-state index contributed by atoms with van der Waals surface area (Å²) in [4.78, 5) is 15.0. The zero-order chi connectivity index (χ0) is 22.3. The van der Waals surface area contributed by atoms with Crippen LogP contribution in [0.4, 0.5) is 0 Å². The van der Waals surface area contributed by atoms with Crippen molar-refractivity contribution in [3.05, 3.63) is 71.0 Å². The summed E-state index contributed by atoms with van der Waals surface area (Å²) in [5.41, 5.74) is 0.368. The van der Waals surface area contributed by atoms with Gasteiger partial charge in [0, 0.05) is 18.0 Å². The van der Waals surface area contributed by atoms with E-state index in [1.807, 2.05) is 13.1 Å². The van der Waals surface area contributed by atoms with Crippen LogP contribution in [0.1, 0.15) is 35.6 Å². The highest BCUT2D eigenvalue weighted by Crippen LogP contribution is 2.65. The summed E-state index contributed by atoms with van der Waals surface area (Å²) in [6.45, 7) is 0.745. The average molecular weight is 435 g/mol. The Balaban J connectivity index is 1.43. The van der Waals surface area contributed by atoms with E-state index < -0.39 is 29.2 Å². The van der Waals surface area contributed by atoms with Gasteiger partial charge in [0.1, 0.15) is 5.76 Å². The van der Waals surface area contributed by atoms with Crippen LogP contribution < -0.4 is 4.74 Å². The van der Waals surface area contributed by atoms with Crippen molar-refractivity contribution in [2.24, 2.45) is 0 Å². The van der Waals surface area contributed by atoms with Crippen LogP contribution in [0.15, 0.2) is 54.3 Å². The van der Waals surface area contributed by atoms with Gasteiger partial charge < -0.3 is 29.7 Å². The second-order valence-electron chi connectivity index (χ2n) is 9.34. The lowest BCUT2D eigenvalue weighted by molar-refractivity contribution is -0.172. The van der Waals surface area contributed by atoms with Gasteiger partial charge in [0.05, 0.1) is 11.0 Å². The molecule has 6 rings (SSSR count). The van der Waals surface area contributed by atoms with E-state index in [1.54, 1.807) is 42.5 Å². The minimum atomic E-state index is -1.43. The fourth-order valence-electron chi connectivity index (χ4n) is 6.38. The summed E-state index contributed by atoms with van der Waals surface area (Å²) in [5, 5.41) is 33.1. The van der Waals surface area contributed by atoms with E-state index in [2.05, 4.69) is 4.90 Å². The van der Waals surface area contributed by atoms with Gasteiger partial charge in [0.25, 0.3) is 0 Å². The monoisotopic (exact) mass is 435 g/mol. The molecule has 0 saturated carbocycles. The Bertz CT molecular complexity index is 1150. The molecular weight excluding hydrogens is 410 g/mol. The van der Waals surface area contributed by atoms with Crippen molar-refractivity contribution in [1.82, 2.24) is 4.90 Å². The minimum absolute atomic E-state index is 0.0160. The Morgan fingerprint density at radius 1 is 1.25 bits per heavy atom. The number of likely N-dealkylation sites (N-methyl/N-ethyl adjacent to an activating group) is 1. The fourth-order valence-corrected chi connectivity index (χ4v) is 6.38. The number of phenolic OH excluding ortho intramolecular Hbond substituents is 1. The van der Waals surface area contributed by atoms with Crippen molar-refractivity contribution in [2.45, 2.75) is 48.5 Å². The highest BCUT2D eigenvalue weighted by Gasteiger charge is 2.72. The van der Waals surface area contributed by atoms with Gasteiger partial charge in [-0.1, -0.05) is 36.4 Å². The number of hydrogen-bond donors (Lipinski definition) is 3. The molecule has 1 spiro atoms. The number of carbonyl (C=O) groups excluding carboxylic acids is 1. The molecule has 0 radical (unpaired) electrons. The molecule has 2 bridgehead atoms. The third kappa shape index (κ3) is 2.33. The van der Waals surface area contributed by atoms with Crippen molar-refractivity contribution >= 4 is 5.97 Å². The quantitative estimate of drug-likeness (QED) is 0.634. The Labute approximate surface area is 185 Å². The van der Waals surface area contributed by atoms with E-state index in [1.165, 1.54) is 0 Å². The third-order valence-corrected chi connectivity index (χ3v) is 7.91. The molecule has 32 heavy (non-hydrogen) atoms. The lowest BCUT2D eigenvalue weighted by Crippen LogP contribution is -2.74. The van der Waals surface area contributed by atoms with Gasteiger partial charge in [-0.15, -0.1) is 0 Å². The van der Waals surface area contributed by atoms with Crippen LogP contribution in [-0.4, -0.2) is 57.5 Å². The van der Waals surface area contributed by atoms with Crippen LogP contribution in [0.3, 0.4) is 0 Å². The Morgan fingerprint density at radius 3 is 2.81 bits per heavy atom. The second kappa shape index (κ2) is 6.57. The molecule has 4 aliphatic rings. The van der Waals surface area contributed by atoms with E-state index in [-0.39, 0.29) is 17.6 Å². The van der Waals surface area contributed by atoms with E-state index in [9.17, 15) is 20.1 Å². The number of aliphatic hydroxyl groups excluding tert-OH is 1. The largest absolute Gasteiger partial charge is 0.504 e. The van der Waals surface area contributed by atoms with Crippen LogP contribution in [0.2, 0.25) is 0 Å². The number of esters is 1. The molecule has 3 N–H and O–H groups in total. The molecule has 0 aromatic heterocycles. The van der Waals surface area contributed by atoms with Gasteiger partial charge in [-0.3, -0.25) is 0 Å². The first kappa shape index (κ1) is 19.8. The topological polar surface area (TPSA) is 99.5 Å². The number of likely N-dealkylation sites (tertiary alicyclic amines) is 1. The first-order chi connectivity index (χ1) is 15.4. The molecule has 5 atom stereocenters. The maximum Gasteiger partial charge on any atom is 0.344 e. The predicted octanol–water partition coefficient (Wildman–Crippen LogP) is 1.95. The maximum atomic E-state index is 12.8. The standard InChI is InChI=1S/C25H25NO6/c1-26-12-11-24-19-15-7-8-16(27)21(19)32-22(24)17(9-10-25(24,30)18(26)13-15)31-23(29)20(28)14-5-3-2-4-6-14/h2-9,18,20,22,27-28,30H,10-13H2,1H3/t18-,20+,22+,24+,25-/m1/s1.